The molecule has 1 aromatic heterocycles. The summed E-state index contributed by atoms with van der Waals surface area (Å²) in [5.41, 5.74) is 0.243. The zero-order valence-electron chi connectivity index (χ0n) is 7.77. The summed E-state index contributed by atoms with van der Waals surface area (Å²) in [6.07, 6.45) is 2.70. The fourth-order valence-corrected chi connectivity index (χ4v) is 1.25. The number of carbonyl (C=O) groups is 1. The van der Waals surface area contributed by atoms with Gasteiger partial charge in [-0.05, 0) is 6.07 Å². The van der Waals surface area contributed by atoms with E-state index in [0.29, 0.717) is 12.4 Å². The second-order valence-corrected chi connectivity index (χ2v) is 3.19. The lowest BCUT2D eigenvalue weighted by Crippen LogP contribution is -2.28. The number of alkyl halides is 1. The van der Waals surface area contributed by atoms with Gasteiger partial charge in [0.1, 0.15) is 5.75 Å². The van der Waals surface area contributed by atoms with Crippen LogP contribution in [0.1, 0.15) is 10.4 Å². The lowest BCUT2D eigenvalue weighted by molar-refractivity contribution is 0.0800. The lowest BCUT2D eigenvalue weighted by Gasteiger charge is -2.15. The molecule has 4 nitrogen and oxygen atoms in total. The Balaban J connectivity index is 2.84. The fourth-order valence-electron chi connectivity index (χ4n) is 1.00. The van der Waals surface area contributed by atoms with Gasteiger partial charge in [0.25, 0.3) is 5.91 Å². The van der Waals surface area contributed by atoms with Crippen molar-refractivity contribution in [3.8, 4) is 5.75 Å². The molecular weight excluding hydrogens is 204 g/mol. The van der Waals surface area contributed by atoms with E-state index in [0.717, 1.165) is 0 Å². The summed E-state index contributed by atoms with van der Waals surface area (Å²) in [5.74, 6) is -0.00173. The Bertz CT molecular complexity index is 330. The van der Waals surface area contributed by atoms with E-state index in [4.69, 9.17) is 11.6 Å². The third kappa shape index (κ3) is 2.35. The SMILES string of the molecule is CN(CCCl)C(=O)c1ccncc1O. The summed E-state index contributed by atoms with van der Waals surface area (Å²) in [5, 5.41) is 9.36. The summed E-state index contributed by atoms with van der Waals surface area (Å²) in [6.45, 7) is 0.447. The van der Waals surface area contributed by atoms with E-state index in [-0.39, 0.29) is 17.2 Å². The molecule has 0 fully saturated rings. The summed E-state index contributed by atoms with van der Waals surface area (Å²) in [6, 6.07) is 1.47. The van der Waals surface area contributed by atoms with E-state index in [1.165, 1.54) is 23.4 Å². The molecular formula is C9H11ClN2O2. The van der Waals surface area contributed by atoms with Crippen LogP contribution in [0.5, 0.6) is 5.75 Å². The van der Waals surface area contributed by atoms with Crippen molar-refractivity contribution in [2.24, 2.45) is 0 Å². The van der Waals surface area contributed by atoms with Crippen LogP contribution in [-0.2, 0) is 0 Å². The highest BCUT2D eigenvalue weighted by atomic mass is 35.5. The molecule has 0 saturated carbocycles. The van der Waals surface area contributed by atoms with Gasteiger partial charge in [0.05, 0.1) is 11.8 Å². The van der Waals surface area contributed by atoms with Crippen molar-refractivity contribution in [2.75, 3.05) is 19.5 Å². The second-order valence-electron chi connectivity index (χ2n) is 2.81. The van der Waals surface area contributed by atoms with Gasteiger partial charge in [0, 0.05) is 25.7 Å². The van der Waals surface area contributed by atoms with Gasteiger partial charge in [0.2, 0.25) is 0 Å². The number of hydrogen-bond donors (Lipinski definition) is 1. The van der Waals surface area contributed by atoms with E-state index in [1.807, 2.05) is 0 Å². The maximum atomic E-state index is 11.6. The van der Waals surface area contributed by atoms with E-state index in [2.05, 4.69) is 4.98 Å². The average Bonchev–Trinajstić information content (AvgIpc) is 2.18. The summed E-state index contributed by atoms with van der Waals surface area (Å²) < 4.78 is 0. The largest absolute Gasteiger partial charge is 0.505 e. The number of carbonyl (C=O) groups excluding carboxylic acids is 1. The van der Waals surface area contributed by atoms with Crippen molar-refractivity contribution in [3.63, 3.8) is 0 Å². The van der Waals surface area contributed by atoms with Crippen molar-refractivity contribution in [1.82, 2.24) is 9.88 Å². The number of hydrogen-bond acceptors (Lipinski definition) is 3. The lowest BCUT2D eigenvalue weighted by atomic mass is 10.2. The Morgan fingerprint density at radius 1 is 1.71 bits per heavy atom. The van der Waals surface area contributed by atoms with Gasteiger partial charge >= 0.3 is 0 Å². The van der Waals surface area contributed by atoms with E-state index in [9.17, 15) is 9.90 Å². The molecule has 0 aliphatic heterocycles. The Morgan fingerprint density at radius 2 is 2.43 bits per heavy atom. The second kappa shape index (κ2) is 4.81. The number of nitrogens with zero attached hydrogens (tertiary/aromatic N) is 2. The number of aromatic nitrogens is 1. The molecule has 76 valence electrons. The minimum atomic E-state index is -0.259. The average molecular weight is 215 g/mol. The molecule has 0 bridgehead atoms. The molecule has 1 aromatic rings. The van der Waals surface area contributed by atoms with Crippen LogP contribution < -0.4 is 0 Å². The predicted octanol–water partition coefficient (Wildman–Crippen LogP) is 1.10. The molecule has 0 atom stereocenters. The Hall–Kier alpha value is -1.29. The quantitative estimate of drug-likeness (QED) is 0.767. The number of rotatable bonds is 3. The van der Waals surface area contributed by atoms with Crippen LogP contribution in [0.2, 0.25) is 0 Å². The van der Waals surface area contributed by atoms with Crippen molar-refractivity contribution >= 4 is 17.5 Å². The highest BCUT2D eigenvalue weighted by molar-refractivity contribution is 6.18. The number of halogens is 1. The molecule has 0 saturated heterocycles. The summed E-state index contributed by atoms with van der Waals surface area (Å²) in [4.78, 5) is 16.8. The van der Waals surface area contributed by atoms with E-state index in [1.54, 1.807) is 7.05 Å². The van der Waals surface area contributed by atoms with Crippen LogP contribution in [-0.4, -0.2) is 40.4 Å². The molecule has 1 heterocycles. The van der Waals surface area contributed by atoms with Gasteiger partial charge in [-0.3, -0.25) is 9.78 Å². The Morgan fingerprint density at radius 3 is 3.00 bits per heavy atom. The molecule has 0 spiro atoms. The molecule has 5 heteroatoms. The number of aromatic hydroxyl groups is 1. The van der Waals surface area contributed by atoms with Crippen LogP contribution in [0.15, 0.2) is 18.5 Å². The van der Waals surface area contributed by atoms with Crippen LogP contribution in [0.4, 0.5) is 0 Å². The smallest absolute Gasteiger partial charge is 0.257 e. The van der Waals surface area contributed by atoms with E-state index >= 15 is 0 Å². The van der Waals surface area contributed by atoms with Gasteiger partial charge < -0.3 is 10.0 Å². The van der Waals surface area contributed by atoms with Crippen molar-refractivity contribution in [1.29, 1.82) is 0 Å². The molecule has 0 aromatic carbocycles. The molecule has 1 amide bonds. The van der Waals surface area contributed by atoms with Gasteiger partial charge in [0.15, 0.2) is 0 Å². The minimum Gasteiger partial charge on any atom is -0.505 e. The van der Waals surface area contributed by atoms with Crippen molar-refractivity contribution in [3.05, 3.63) is 24.0 Å². The summed E-state index contributed by atoms with van der Waals surface area (Å²) >= 11 is 5.50. The van der Waals surface area contributed by atoms with Crippen LogP contribution >= 0.6 is 11.6 Å². The minimum absolute atomic E-state index is 0.112. The molecule has 1 N–H and O–H groups in total. The zero-order valence-corrected chi connectivity index (χ0v) is 8.53. The first-order chi connectivity index (χ1) is 6.66. The van der Waals surface area contributed by atoms with Crippen LogP contribution in [0, 0.1) is 0 Å². The van der Waals surface area contributed by atoms with Gasteiger partial charge in [-0.25, -0.2) is 0 Å². The summed E-state index contributed by atoms with van der Waals surface area (Å²) in [7, 11) is 1.63. The zero-order chi connectivity index (χ0) is 10.6. The molecule has 0 aliphatic rings. The maximum absolute atomic E-state index is 11.6. The maximum Gasteiger partial charge on any atom is 0.257 e. The van der Waals surface area contributed by atoms with E-state index < -0.39 is 0 Å². The van der Waals surface area contributed by atoms with Gasteiger partial charge in [-0.2, -0.15) is 0 Å². The van der Waals surface area contributed by atoms with Crippen LogP contribution in [0.25, 0.3) is 0 Å². The topological polar surface area (TPSA) is 53.4 Å². The first-order valence-corrected chi connectivity index (χ1v) is 4.64. The number of pyridine rings is 1. The molecule has 1 rings (SSSR count). The monoisotopic (exact) mass is 214 g/mol. The first kappa shape index (κ1) is 10.8. The Kier molecular flexibility index (Phi) is 3.71. The molecule has 0 radical (unpaired) electrons. The Labute approximate surface area is 87.1 Å². The third-order valence-electron chi connectivity index (χ3n) is 1.80. The predicted molar refractivity (Wildman–Crippen MR) is 53.6 cm³/mol. The normalized spacial score (nSPS) is 9.86. The highest BCUT2D eigenvalue weighted by Crippen LogP contribution is 2.15. The standard InChI is InChI=1S/C9H11ClN2O2/c1-12(5-3-10)9(14)7-2-4-11-6-8(7)13/h2,4,6,13H,3,5H2,1H3. The highest BCUT2D eigenvalue weighted by Gasteiger charge is 2.14. The fraction of sp³-hybridized carbons (Fsp3) is 0.333. The van der Waals surface area contributed by atoms with Gasteiger partial charge in [-0.1, -0.05) is 0 Å². The number of amides is 1. The molecule has 0 unspecified atom stereocenters. The molecule has 14 heavy (non-hydrogen) atoms. The van der Waals surface area contributed by atoms with Gasteiger partial charge in [-0.15, -0.1) is 11.6 Å². The molecule has 0 aliphatic carbocycles. The van der Waals surface area contributed by atoms with Crippen molar-refractivity contribution in [2.45, 2.75) is 0 Å². The van der Waals surface area contributed by atoms with Crippen molar-refractivity contribution < 1.29 is 9.90 Å². The van der Waals surface area contributed by atoms with Crippen LogP contribution in [0.3, 0.4) is 0 Å². The third-order valence-corrected chi connectivity index (χ3v) is 1.97. The first-order valence-electron chi connectivity index (χ1n) is 4.11.